The fraction of sp³-hybridized carbons (Fsp3) is 0.542. The number of benzene rings is 1. The second-order valence-corrected chi connectivity index (χ2v) is 13.5. The van der Waals surface area contributed by atoms with Crippen LogP contribution in [-0.4, -0.2) is 57.8 Å². The summed E-state index contributed by atoms with van der Waals surface area (Å²) in [6, 6.07) is 8.64. The number of hydrogen-bond donors (Lipinski definition) is 3. The highest BCUT2D eigenvalue weighted by Gasteiger charge is 2.55. The molecular formula is C24H33FN3O8PS. The van der Waals surface area contributed by atoms with Crippen LogP contribution in [0.15, 0.2) is 52.2 Å². The molecule has 14 heteroatoms. The number of aliphatic hydroxyl groups is 1. The fourth-order valence-electron chi connectivity index (χ4n) is 3.55. The first-order chi connectivity index (χ1) is 17.6. The topological polar surface area (TPSA) is 141 Å². The van der Waals surface area contributed by atoms with Crippen molar-refractivity contribution in [2.75, 3.05) is 13.2 Å². The van der Waals surface area contributed by atoms with Crippen LogP contribution in [0, 0.1) is 5.41 Å². The van der Waals surface area contributed by atoms with Gasteiger partial charge in [-0.15, -0.1) is 0 Å². The summed E-state index contributed by atoms with van der Waals surface area (Å²) in [5.41, 5.74) is -4.23. The Morgan fingerprint density at radius 2 is 1.97 bits per heavy atom. The van der Waals surface area contributed by atoms with Crippen LogP contribution in [0.5, 0.6) is 5.75 Å². The molecule has 0 saturated carbocycles. The van der Waals surface area contributed by atoms with Crippen LogP contribution in [-0.2, 0) is 30.6 Å². The molecule has 1 aliphatic rings. The minimum Gasteiger partial charge on any atom is -0.464 e. The quantitative estimate of drug-likeness (QED) is 0.287. The van der Waals surface area contributed by atoms with Crippen molar-refractivity contribution in [3.05, 3.63) is 63.4 Å². The monoisotopic (exact) mass is 573 g/mol. The van der Waals surface area contributed by atoms with E-state index in [1.807, 2.05) is 25.8 Å². The van der Waals surface area contributed by atoms with E-state index in [-0.39, 0.29) is 12.0 Å². The third-order valence-electron chi connectivity index (χ3n) is 5.55. The second-order valence-electron chi connectivity index (χ2n) is 10.4. The van der Waals surface area contributed by atoms with E-state index < -0.39 is 60.6 Å². The molecule has 38 heavy (non-hydrogen) atoms. The molecule has 1 aliphatic heterocycles. The molecule has 1 saturated heterocycles. The van der Waals surface area contributed by atoms with Gasteiger partial charge in [-0.2, -0.15) is 0 Å². The highest BCUT2D eigenvalue weighted by molar-refractivity contribution is 8.09. The molecule has 0 amide bonds. The number of aromatic amines is 1. The van der Waals surface area contributed by atoms with Crippen LogP contribution in [0.2, 0.25) is 0 Å². The van der Waals surface area contributed by atoms with Crippen molar-refractivity contribution in [3.8, 4) is 5.75 Å². The fourth-order valence-corrected chi connectivity index (χ4v) is 5.96. The van der Waals surface area contributed by atoms with Gasteiger partial charge in [-0.1, -0.05) is 39.0 Å². The summed E-state index contributed by atoms with van der Waals surface area (Å²) in [7, 11) is 0. The molecule has 1 aromatic heterocycles. The molecule has 0 aliphatic carbocycles. The van der Waals surface area contributed by atoms with E-state index in [1.165, 1.54) is 0 Å². The van der Waals surface area contributed by atoms with Crippen molar-refractivity contribution in [2.24, 2.45) is 5.41 Å². The summed E-state index contributed by atoms with van der Waals surface area (Å²) in [4.78, 5) is 38.2. The lowest BCUT2D eigenvalue weighted by Gasteiger charge is -2.28. The molecule has 6 atom stereocenters. The van der Waals surface area contributed by atoms with Crippen molar-refractivity contribution < 1.29 is 32.8 Å². The SMILES string of the molecule is CC(NP(=S)(OC[C@H]1O[C@@H](n2ccc(=O)[nH]c2=O)C(C)(F)C1O)Oc1ccccc1)C(=O)OCC(C)(C)C. The predicted molar refractivity (Wildman–Crippen MR) is 141 cm³/mol. The molecule has 3 N–H and O–H groups in total. The highest BCUT2D eigenvalue weighted by Crippen LogP contribution is 2.47. The number of aliphatic hydroxyl groups excluding tert-OH is 1. The zero-order chi connectivity index (χ0) is 28.3. The number of hydrogen-bond acceptors (Lipinski definition) is 9. The number of carbonyl (C=O) groups excluding carboxylic acids is 1. The molecule has 0 spiro atoms. The van der Waals surface area contributed by atoms with Gasteiger partial charge in [0.05, 0.1) is 13.2 Å². The van der Waals surface area contributed by atoms with Crippen LogP contribution in [0.3, 0.4) is 0 Å². The summed E-state index contributed by atoms with van der Waals surface area (Å²) >= 11 is 5.65. The average molecular weight is 574 g/mol. The van der Waals surface area contributed by atoms with Crippen LogP contribution >= 0.6 is 6.64 Å². The Bertz CT molecular complexity index is 1280. The predicted octanol–water partition coefficient (Wildman–Crippen LogP) is 2.41. The van der Waals surface area contributed by atoms with Gasteiger partial charge in [0.2, 0.25) is 0 Å². The maximum Gasteiger partial charge on any atom is 0.330 e. The van der Waals surface area contributed by atoms with E-state index in [0.717, 1.165) is 23.8 Å². The van der Waals surface area contributed by atoms with Gasteiger partial charge in [0.15, 0.2) is 11.9 Å². The van der Waals surface area contributed by atoms with Gasteiger partial charge in [-0.3, -0.25) is 19.1 Å². The first-order valence-corrected chi connectivity index (χ1v) is 14.5. The van der Waals surface area contributed by atoms with Gasteiger partial charge >= 0.3 is 18.3 Å². The summed E-state index contributed by atoms with van der Waals surface area (Å²) < 4.78 is 39.2. The molecule has 2 aromatic rings. The first kappa shape index (κ1) is 30.1. The highest BCUT2D eigenvalue weighted by atomic mass is 32.5. The lowest BCUT2D eigenvalue weighted by atomic mass is 9.98. The number of rotatable bonds is 10. The molecule has 210 valence electrons. The Balaban J connectivity index is 1.78. The minimum atomic E-state index is -3.49. The summed E-state index contributed by atoms with van der Waals surface area (Å²) in [5, 5.41) is 13.5. The third kappa shape index (κ3) is 7.58. The number of aromatic nitrogens is 2. The van der Waals surface area contributed by atoms with E-state index in [2.05, 4.69) is 5.09 Å². The number of esters is 1. The average Bonchev–Trinajstić information content (AvgIpc) is 3.04. The lowest BCUT2D eigenvalue weighted by Crippen LogP contribution is -2.43. The van der Waals surface area contributed by atoms with Gasteiger partial charge in [0.1, 0.15) is 24.0 Å². The van der Waals surface area contributed by atoms with Crippen LogP contribution in [0.1, 0.15) is 40.8 Å². The Morgan fingerprint density at radius 1 is 1.32 bits per heavy atom. The number of H-pyrrole nitrogens is 1. The summed E-state index contributed by atoms with van der Waals surface area (Å²) in [6.07, 6.45) is -3.46. The van der Waals surface area contributed by atoms with Crippen LogP contribution in [0.25, 0.3) is 0 Å². The number of carbonyl (C=O) groups is 1. The Kier molecular flexibility index (Phi) is 9.33. The van der Waals surface area contributed by atoms with Gasteiger partial charge in [0.25, 0.3) is 5.56 Å². The molecule has 0 radical (unpaired) electrons. The molecule has 3 rings (SSSR count). The second kappa shape index (κ2) is 11.8. The number of nitrogens with one attached hydrogen (secondary N) is 2. The maximum atomic E-state index is 15.5. The number of para-hydroxylation sites is 1. The summed E-state index contributed by atoms with van der Waals surface area (Å²) in [5.74, 6) is -0.208. The van der Waals surface area contributed by atoms with E-state index in [0.29, 0.717) is 5.75 Å². The van der Waals surface area contributed by atoms with E-state index in [9.17, 15) is 19.5 Å². The van der Waals surface area contributed by atoms with Crippen LogP contribution < -0.4 is 20.9 Å². The van der Waals surface area contributed by atoms with Crippen molar-refractivity contribution in [2.45, 2.75) is 64.8 Å². The lowest BCUT2D eigenvalue weighted by molar-refractivity contribution is -0.148. The van der Waals surface area contributed by atoms with Gasteiger partial charge in [0, 0.05) is 12.3 Å². The maximum absolute atomic E-state index is 15.5. The molecule has 2 heterocycles. The van der Waals surface area contributed by atoms with E-state index in [4.69, 9.17) is 30.3 Å². The first-order valence-electron chi connectivity index (χ1n) is 11.9. The normalized spacial score (nSPS) is 25.9. The molecular weight excluding hydrogens is 540 g/mol. The Hall–Kier alpha value is -2.41. The summed E-state index contributed by atoms with van der Waals surface area (Å²) in [6.45, 7) is 4.64. The minimum absolute atomic E-state index is 0.184. The van der Waals surface area contributed by atoms with Crippen molar-refractivity contribution in [3.63, 3.8) is 0 Å². The van der Waals surface area contributed by atoms with Crippen molar-refractivity contribution in [1.82, 2.24) is 14.6 Å². The largest absolute Gasteiger partial charge is 0.464 e. The molecule has 4 unspecified atom stereocenters. The molecule has 0 bridgehead atoms. The van der Waals surface area contributed by atoms with Crippen molar-refractivity contribution in [1.29, 1.82) is 0 Å². The van der Waals surface area contributed by atoms with Crippen LogP contribution in [0.4, 0.5) is 4.39 Å². The molecule has 1 fully saturated rings. The number of nitrogens with zero attached hydrogens (tertiary/aromatic N) is 1. The van der Waals surface area contributed by atoms with E-state index >= 15 is 4.39 Å². The van der Waals surface area contributed by atoms with Crippen molar-refractivity contribution >= 4 is 24.4 Å². The number of alkyl halides is 1. The zero-order valence-corrected chi connectivity index (χ0v) is 23.5. The Morgan fingerprint density at radius 3 is 2.58 bits per heavy atom. The smallest absolute Gasteiger partial charge is 0.330 e. The number of ether oxygens (including phenoxy) is 2. The Labute approximate surface area is 224 Å². The van der Waals surface area contributed by atoms with E-state index in [1.54, 1.807) is 37.3 Å². The zero-order valence-electron chi connectivity index (χ0n) is 21.8. The molecule has 11 nitrogen and oxygen atoms in total. The van der Waals surface area contributed by atoms with Gasteiger partial charge < -0.3 is 23.6 Å². The third-order valence-corrected chi connectivity index (χ3v) is 8.05. The van der Waals surface area contributed by atoms with Gasteiger partial charge in [-0.25, -0.2) is 14.3 Å². The van der Waals surface area contributed by atoms with Gasteiger partial charge in [-0.05, 0) is 43.2 Å². The molecule has 1 aromatic carbocycles. The number of halogens is 1. The standard InChI is InChI=1S/C24H33FN3O8PS/c1-15(20(31)33-14-23(2,3)4)27-37(38,36-16-9-7-6-8-10-16)34-13-17-19(30)24(5,25)21(35-17)28-12-11-18(29)26-22(28)32/h6-12,15,17,19,21,30H,13-14H2,1-5H3,(H,27,38)(H,26,29,32)/t15?,17-,19?,21-,24?,37?/m1/s1.